The highest BCUT2D eigenvalue weighted by molar-refractivity contribution is 5.04. The second-order valence-electron chi connectivity index (χ2n) is 2.74. The average Bonchev–Trinajstić information content (AvgIpc) is 2.19. The molecule has 0 saturated carbocycles. The highest BCUT2D eigenvalue weighted by Gasteiger charge is 1.97. The molecule has 0 spiro atoms. The van der Waals surface area contributed by atoms with Gasteiger partial charge in [0.1, 0.15) is 0 Å². The lowest BCUT2D eigenvalue weighted by atomic mass is 10.4. The van der Waals surface area contributed by atoms with Crippen LogP contribution in [0.4, 0.5) is 0 Å². The molecule has 0 aliphatic rings. The van der Waals surface area contributed by atoms with E-state index in [1.165, 1.54) is 0 Å². The lowest BCUT2D eigenvalue weighted by Gasteiger charge is -2.03. The number of aromatic nitrogens is 2. The van der Waals surface area contributed by atoms with Crippen LogP contribution in [0.1, 0.15) is 25.5 Å². The highest BCUT2D eigenvalue weighted by atomic mass is 16.5. The Kier molecular flexibility index (Phi) is 4.18. The van der Waals surface area contributed by atoms with Gasteiger partial charge in [-0.2, -0.15) is 4.98 Å². The van der Waals surface area contributed by atoms with Gasteiger partial charge in [-0.15, -0.1) is 0 Å². The number of hydrogen-bond donors (Lipinski definition) is 1. The van der Waals surface area contributed by atoms with Crippen LogP contribution >= 0.6 is 0 Å². The van der Waals surface area contributed by atoms with E-state index >= 15 is 0 Å². The Balaban J connectivity index is 2.46. The van der Waals surface area contributed by atoms with Gasteiger partial charge in [-0.05, 0) is 12.5 Å². The summed E-state index contributed by atoms with van der Waals surface area (Å²) in [6.45, 7) is 3.21. The van der Waals surface area contributed by atoms with E-state index in [4.69, 9.17) is 10.5 Å². The van der Waals surface area contributed by atoms with Crippen LogP contribution in [0, 0.1) is 0 Å². The van der Waals surface area contributed by atoms with Crippen molar-refractivity contribution in [3.63, 3.8) is 0 Å². The Labute approximate surface area is 78.1 Å². The van der Waals surface area contributed by atoms with Crippen molar-refractivity contribution in [2.75, 3.05) is 6.61 Å². The molecule has 1 rings (SSSR count). The summed E-state index contributed by atoms with van der Waals surface area (Å²) in [5.74, 6) is 0. The summed E-state index contributed by atoms with van der Waals surface area (Å²) < 4.78 is 5.31. The highest BCUT2D eigenvalue weighted by Crippen LogP contribution is 2.02. The molecule has 0 atom stereocenters. The van der Waals surface area contributed by atoms with Gasteiger partial charge in [-0.1, -0.05) is 13.3 Å². The van der Waals surface area contributed by atoms with E-state index in [-0.39, 0.29) is 0 Å². The zero-order valence-electron chi connectivity index (χ0n) is 7.86. The first kappa shape index (κ1) is 9.92. The molecule has 0 radical (unpaired) electrons. The first-order valence-electron chi connectivity index (χ1n) is 4.51. The minimum atomic E-state index is 0.423. The van der Waals surface area contributed by atoms with Crippen molar-refractivity contribution in [3.8, 4) is 6.01 Å². The summed E-state index contributed by atoms with van der Waals surface area (Å²) in [4.78, 5) is 8.07. The number of hydrogen-bond acceptors (Lipinski definition) is 4. The van der Waals surface area contributed by atoms with Gasteiger partial charge in [0.25, 0.3) is 0 Å². The molecular weight excluding hydrogens is 166 g/mol. The monoisotopic (exact) mass is 181 g/mol. The first-order valence-corrected chi connectivity index (χ1v) is 4.51. The molecule has 0 aromatic carbocycles. The van der Waals surface area contributed by atoms with Crippen molar-refractivity contribution >= 4 is 0 Å². The third-order valence-electron chi connectivity index (χ3n) is 1.63. The van der Waals surface area contributed by atoms with Crippen LogP contribution in [0.5, 0.6) is 6.01 Å². The molecule has 0 saturated heterocycles. The first-order chi connectivity index (χ1) is 6.36. The normalized spacial score (nSPS) is 10.0. The Morgan fingerprint density at radius 3 is 3.08 bits per heavy atom. The lowest BCUT2D eigenvalue weighted by Crippen LogP contribution is -2.04. The molecule has 1 heterocycles. The maximum Gasteiger partial charge on any atom is 0.316 e. The largest absolute Gasteiger partial charge is 0.463 e. The van der Waals surface area contributed by atoms with E-state index in [0.717, 1.165) is 18.5 Å². The predicted octanol–water partition coefficient (Wildman–Crippen LogP) is 1.11. The van der Waals surface area contributed by atoms with E-state index < -0.39 is 0 Å². The summed E-state index contributed by atoms with van der Waals surface area (Å²) in [5.41, 5.74) is 6.23. The van der Waals surface area contributed by atoms with Crippen molar-refractivity contribution in [2.45, 2.75) is 26.3 Å². The lowest BCUT2D eigenvalue weighted by molar-refractivity contribution is 0.284. The maximum atomic E-state index is 5.43. The zero-order valence-corrected chi connectivity index (χ0v) is 7.86. The van der Waals surface area contributed by atoms with Crippen LogP contribution in [0.2, 0.25) is 0 Å². The zero-order chi connectivity index (χ0) is 9.52. The average molecular weight is 181 g/mol. The van der Waals surface area contributed by atoms with Crippen LogP contribution < -0.4 is 10.5 Å². The summed E-state index contributed by atoms with van der Waals surface area (Å²) in [7, 11) is 0. The second kappa shape index (κ2) is 5.48. The van der Waals surface area contributed by atoms with E-state index in [9.17, 15) is 0 Å². The standard InChI is InChI=1S/C9H15N3O/c1-2-3-6-13-9-11-5-4-8(7-10)12-9/h4-5H,2-3,6-7,10H2,1H3. The van der Waals surface area contributed by atoms with Crippen molar-refractivity contribution in [2.24, 2.45) is 5.73 Å². The molecule has 2 N–H and O–H groups in total. The molecule has 72 valence electrons. The van der Waals surface area contributed by atoms with Crippen molar-refractivity contribution in [3.05, 3.63) is 18.0 Å². The van der Waals surface area contributed by atoms with Crippen molar-refractivity contribution < 1.29 is 4.74 Å². The number of nitrogens with two attached hydrogens (primary N) is 1. The molecule has 4 nitrogen and oxygen atoms in total. The molecule has 1 aromatic heterocycles. The molecule has 0 amide bonds. The summed E-state index contributed by atoms with van der Waals surface area (Å²) >= 11 is 0. The van der Waals surface area contributed by atoms with Crippen LogP contribution in [0.15, 0.2) is 12.3 Å². The molecule has 0 unspecified atom stereocenters. The molecule has 0 aliphatic carbocycles. The van der Waals surface area contributed by atoms with Gasteiger partial charge in [-0.3, -0.25) is 0 Å². The van der Waals surface area contributed by atoms with Gasteiger partial charge in [-0.25, -0.2) is 4.98 Å². The van der Waals surface area contributed by atoms with Crippen LogP contribution in [0.25, 0.3) is 0 Å². The van der Waals surface area contributed by atoms with Crippen LogP contribution in [0.3, 0.4) is 0 Å². The molecule has 1 aromatic rings. The van der Waals surface area contributed by atoms with Gasteiger partial charge in [0.2, 0.25) is 0 Å². The third-order valence-corrected chi connectivity index (χ3v) is 1.63. The molecule has 13 heavy (non-hydrogen) atoms. The fourth-order valence-electron chi connectivity index (χ4n) is 0.867. The van der Waals surface area contributed by atoms with E-state index in [2.05, 4.69) is 16.9 Å². The van der Waals surface area contributed by atoms with Crippen molar-refractivity contribution in [1.29, 1.82) is 0 Å². The Morgan fingerprint density at radius 2 is 2.38 bits per heavy atom. The molecule has 0 aliphatic heterocycles. The summed E-state index contributed by atoms with van der Waals surface area (Å²) in [5, 5.41) is 0. The minimum Gasteiger partial charge on any atom is -0.463 e. The van der Waals surface area contributed by atoms with Crippen LogP contribution in [-0.2, 0) is 6.54 Å². The fourth-order valence-corrected chi connectivity index (χ4v) is 0.867. The van der Waals surface area contributed by atoms with E-state index in [0.29, 0.717) is 19.2 Å². The minimum absolute atomic E-state index is 0.423. The van der Waals surface area contributed by atoms with Crippen LogP contribution in [-0.4, -0.2) is 16.6 Å². The SMILES string of the molecule is CCCCOc1nccc(CN)n1. The Hall–Kier alpha value is -1.16. The van der Waals surface area contributed by atoms with Gasteiger partial charge >= 0.3 is 6.01 Å². The van der Waals surface area contributed by atoms with E-state index in [1.54, 1.807) is 12.3 Å². The summed E-state index contributed by atoms with van der Waals surface area (Å²) in [6.07, 6.45) is 3.79. The quantitative estimate of drug-likeness (QED) is 0.691. The molecular formula is C9H15N3O. The van der Waals surface area contributed by atoms with Gasteiger partial charge < -0.3 is 10.5 Å². The van der Waals surface area contributed by atoms with E-state index in [1.807, 2.05) is 0 Å². The van der Waals surface area contributed by atoms with Gasteiger partial charge in [0.05, 0.1) is 12.3 Å². The fraction of sp³-hybridized carbons (Fsp3) is 0.556. The van der Waals surface area contributed by atoms with Gasteiger partial charge in [0.15, 0.2) is 0 Å². The number of ether oxygens (including phenoxy) is 1. The van der Waals surface area contributed by atoms with Gasteiger partial charge in [0, 0.05) is 12.7 Å². The Bertz CT molecular complexity index is 252. The topological polar surface area (TPSA) is 61.0 Å². The molecule has 0 bridgehead atoms. The summed E-state index contributed by atoms with van der Waals surface area (Å²) in [6, 6.07) is 2.21. The Morgan fingerprint density at radius 1 is 1.54 bits per heavy atom. The maximum absolute atomic E-state index is 5.43. The number of rotatable bonds is 5. The second-order valence-corrected chi connectivity index (χ2v) is 2.74. The number of unbranched alkanes of at least 4 members (excludes halogenated alkanes) is 1. The third kappa shape index (κ3) is 3.38. The number of nitrogens with zero attached hydrogens (tertiary/aromatic N) is 2. The smallest absolute Gasteiger partial charge is 0.316 e. The molecule has 0 fully saturated rings. The van der Waals surface area contributed by atoms with Crippen molar-refractivity contribution in [1.82, 2.24) is 9.97 Å². The molecule has 4 heteroatoms. The predicted molar refractivity (Wildman–Crippen MR) is 50.3 cm³/mol.